The summed E-state index contributed by atoms with van der Waals surface area (Å²) in [6.07, 6.45) is 8.72. The Bertz CT molecular complexity index is 1460. The van der Waals surface area contributed by atoms with Crippen molar-refractivity contribution in [1.29, 1.82) is 0 Å². The van der Waals surface area contributed by atoms with E-state index in [-0.39, 0.29) is 22.5 Å². The molecule has 0 amide bonds. The van der Waals surface area contributed by atoms with E-state index in [0.29, 0.717) is 10.9 Å². The predicted octanol–water partition coefficient (Wildman–Crippen LogP) is 6.73. The summed E-state index contributed by atoms with van der Waals surface area (Å²) in [5.74, 6) is 0.969. The molecule has 1 aromatic heterocycles. The highest BCUT2D eigenvalue weighted by Crippen LogP contribution is 2.34. The fourth-order valence-corrected chi connectivity index (χ4v) is 5.91. The van der Waals surface area contributed by atoms with E-state index < -0.39 is 0 Å². The molecule has 1 aliphatic rings. The lowest BCUT2D eigenvalue weighted by Gasteiger charge is -2.32. The molecule has 1 N–H and O–H groups in total. The maximum absolute atomic E-state index is 13.1. The van der Waals surface area contributed by atoms with Crippen molar-refractivity contribution in [3.8, 4) is 22.6 Å². The lowest BCUT2D eigenvalue weighted by molar-refractivity contribution is 0.162. The molecule has 0 radical (unpaired) electrons. The van der Waals surface area contributed by atoms with E-state index in [4.69, 9.17) is 9.15 Å². The Balaban J connectivity index is 1.02. The maximum atomic E-state index is 13.1. The Morgan fingerprint density at radius 2 is 1.71 bits per heavy atom. The van der Waals surface area contributed by atoms with Crippen molar-refractivity contribution in [2.45, 2.75) is 45.1 Å². The largest absolute Gasteiger partial charge is 0.504 e. The number of phenols is 1. The fraction of sp³-hybridized carbons (Fsp3) is 0.400. The van der Waals surface area contributed by atoms with Gasteiger partial charge >= 0.3 is 0 Å². The molecule has 0 atom stereocenters. The molecule has 6 heteroatoms. The molecular weight excluding hydrogens is 512 g/mol. The molecule has 2 heterocycles. The van der Waals surface area contributed by atoms with Crippen LogP contribution in [0, 0.1) is 5.92 Å². The Labute approximate surface area is 243 Å². The quantitative estimate of drug-likeness (QED) is 0.196. The van der Waals surface area contributed by atoms with Gasteiger partial charge in [-0.05, 0) is 106 Å². The topological polar surface area (TPSA) is 66.2 Å². The normalized spacial score (nSPS) is 14.6. The number of nitrogens with zero attached hydrogens (tertiary/aromatic N) is 2. The summed E-state index contributed by atoms with van der Waals surface area (Å²) in [7, 11) is 3.70. The lowest BCUT2D eigenvalue weighted by atomic mass is 9.93. The second kappa shape index (κ2) is 13.8. The number of aryl methyl sites for hydroxylation is 1. The van der Waals surface area contributed by atoms with E-state index >= 15 is 0 Å². The van der Waals surface area contributed by atoms with Gasteiger partial charge in [0, 0.05) is 6.54 Å². The molecule has 0 saturated carbocycles. The van der Waals surface area contributed by atoms with Crippen LogP contribution >= 0.6 is 0 Å². The molecule has 6 nitrogen and oxygen atoms in total. The van der Waals surface area contributed by atoms with E-state index in [1.165, 1.54) is 75.9 Å². The molecule has 0 spiro atoms. The third-order valence-corrected chi connectivity index (χ3v) is 8.47. The first kappa shape index (κ1) is 28.9. The zero-order chi connectivity index (χ0) is 28.6. The van der Waals surface area contributed by atoms with Crippen LogP contribution in [-0.2, 0) is 13.0 Å². The van der Waals surface area contributed by atoms with Gasteiger partial charge < -0.3 is 19.2 Å². The van der Waals surface area contributed by atoms with Crippen molar-refractivity contribution in [3.05, 3.63) is 94.3 Å². The van der Waals surface area contributed by atoms with Gasteiger partial charge in [0.05, 0.1) is 18.1 Å². The number of benzene rings is 3. The van der Waals surface area contributed by atoms with Crippen molar-refractivity contribution in [3.63, 3.8) is 0 Å². The van der Waals surface area contributed by atoms with Gasteiger partial charge in [0.1, 0.15) is 6.26 Å². The van der Waals surface area contributed by atoms with E-state index in [1.807, 2.05) is 12.1 Å². The first-order valence-electron chi connectivity index (χ1n) is 14.9. The molecular formula is C35H42N2O4. The van der Waals surface area contributed by atoms with Crippen LogP contribution in [0.15, 0.2) is 82.2 Å². The highest BCUT2D eigenvalue weighted by atomic mass is 16.5. The molecule has 1 fully saturated rings. The molecule has 0 unspecified atom stereocenters. The minimum Gasteiger partial charge on any atom is -0.504 e. The van der Waals surface area contributed by atoms with Gasteiger partial charge in [0.25, 0.3) is 0 Å². The minimum atomic E-state index is -0.141. The van der Waals surface area contributed by atoms with Gasteiger partial charge in [-0.2, -0.15) is 0 Å². The molecule has 41 heavy (non-hydrogen) atoms. The Hall–Kier alpha value is -3.61. The average molecular weight is 555 g/mol. The molecule has 5 rings (SSSR count). The number of methoxy groups -OCH3 is 1. The molecule has 216 valence electrons. The van der Waals surface area contributed by atoms with Gasteiger partial charge in [0.15, 0.2) is 11.3 Å². The van der Waals surface area contributed by atoms with Crippen molar-refractivity contribution in [2.75, 3.05) is 40.3 Å². The van der Waals surface area contributed by atoms with Crippen molar-refractivity contribution < 1.29 is 14.3 Å². The smallest absolute Gasteiger partial charge is 0.204 e. The summed E-state index contributed by atoms with van der Waals surface area (Å²) < 4.78 is 10.9. The van der Waals surface area contributed by atoms with Gasteiger partial charge in [0.2, 0.25) is 11.2 Å². The first-order valence-corrected chi connectivity index (χ1v) is 14.9. The summed E-state index contributed by atoms with van der Waals surface area (Å²) in [5, 5.41) is 10.4. The van der Waals surface area contributed by atoms with Gasteiger partial charge in [-0.1, -0.05) is 54.6 Å². The first-order chi connectivity index (χ1) is 20.0. The van der Waals surface area contributed by atoms with Gasteiger partial charge in [-0.15, -0.1) is 0 Å². The molecule has 0 aliphatic carbocycles. The predicted molar refractivity (Wildman–Crippen MR) is 166 cm³/mol. The fourth-order valence-electron chi connectivity index (χ4n) is 5.91. The second-order valence-corrected chi connectivity index (χ2v) is 11.4. The number of ether oxygens (including phenoxy) is 1. The van der Waals surface area contributed by atoms with E-state index in [9.17, 15) is 9.90 Å². The summed E-state index contributed by atoms with van der Waals surface area (Å²) in [6.45, 7) is 5.82. The number of hydrogen-bond acceptors (Lipinski definition) is 6. The number of rotatable bonds is 12. The van der Waals surface area contributed by atoms with Crippen LogP contribution in [0.1, 0.15) is 43.2 Å². The summed E-state index contributed by atoms with van der Waals surface area (Å²) in [5.41, 5.74) is 4.13. The molecule has 3 aromatic carbocycles. The Morgan fingerprint density at radius 1 is 0.951 bits per heavy atom. The summed E-state index contributed by atoms with van der Waals surface area (Å²) in [4.78, 5) is 18.2. The van der Waals surface area contributed by atoms with E-state index in [0.717, 1.165) is 37.4 Å². The van der Waals surface area contributed by atoms with Crippen molar-refractivity contribution in [1.82, 2.24) is 9.80 Å². The number of piperidine rings is 1. The third-order valence-electron chi connectivity index (χ3n) is 8.47. The number of phenolic OH excluding ortho intramolecular Hbond substituents is 1. The maximum Gasteiger partial charge on any atom is 0.204 e. The minimum absolute atomic E-state index is 0.0538. The van der Waals surface area contributed by atoms with Gasteiger partial charge in [-0.3, -0.25) is 9.69 Å². The zero-order valence-electron chi connectivity index (χ0n) is 24.4. The second-order valence-electron chi connectivity index (χ2n) is 11.4. The van der Waals surface area contributed by atoms with Crippen molar-refractivity contribution >= 4 is 11.0 Å². The van der Waals surface area contributed by atoms with Gasteiger partial charge in [-0.25, -0.2) is 0 Å². The molecule has 4 aromatic rings. The standard InChI is InChI=1S/C35H42N2O4/c1-36(21-17-27-18-22-37(23-19-27)24-28-9-4-3-5-10-28)20-7-6-8-26-11-13-29(14-12-26)31-25-41-34-30(33(31)39)15-16-32(38)35(34)40-2/h3-5,9-16,25,27,38H,6-8,17-24H2,1-2H3. The van der Waals surface area contributed by atoms with Crippen LogP contribution in [0.25, 0.3) is 22.1 Å². The lowest BCUT2D eigenvalue weighted by Crippen LogP contribution is -2.34. The number of hydrogen-bond donors (Lipinski definition) is 1. The number of aromatic hydroxyl groups is 1. The van der Waals surface area contributed by atoms with Crippen LogP contribution in [0.3, 0.4) is 0 Å². The average Bonchev–Trinajstić information content (AvgIpc) is 3.00. The summed E-state index contributed by atoms with van der Waals surface area (Å²) >= 11 is 0. The Morgan fingerprint density at radius 3 is 2.44 bits per heavy atom. The van der Waals surface area contributed by atoms with Crippen LogP contribution in [0.2, 0.25) is 0 Å². The Kier molecular flexibility index (Phi) is 9.75. The SMILES string of the molecule is COc1c(O)ccc2c(=O)c(-c3ccc(CCCCN(C)CCC4CCN(Cc5ccccc5)CC4)cc3)coc12. The van der Waals surface area contributed by atoms with Crippen LogP contribution < -0.4 is 10.2 Å². The molecule has 1 aliphatic heterocycles. The zero-order valence-corrected chi connectivity index (χ0v) is 24.4. The van der Waals surface area contributed by atoms with Crippen LogP contribution in [-0.4, -0.2) is 55.2 Å². The molecule has 0 bridgehead atoms. The summed E-state index contributed by atoms with van der Waals surface area (Å²) in [6, 6.07) is 22.0. The van der Waals surface area contributed by atoms with E-state index in [2.05, 4.69) is 59.3 Å². The monoisotopic (exact) mass is 554 g/mol. The number of unbranched alkanes of at least 4 members (excludes halogenated alkanes) is 1. The van der Waals surface area contributed by atoms with E-state index in [1.54, 1.807) is 6.07 Å². The highest BCUT2D eigenvalue weighted by molar-refractivity contribution is 5.88. The van der Waals surface area contributed by atoms with Crippen LogP contribution in [0.4, 0.5) is 0 Å². The molecule has 1 saturated heterocycles. The number of fused-ring (bicyclic) bond motifs is 1. The highest BCUT2D eigenvalue weighted by Gasteiger charge is 2.19. The van der Waals surface area contributed by atoms with Crippen molar-refractivity contribution in [2.24, 2.45) is 5.92 Å². The number of likely N-dealkylation sites (tertiary alicyclic amines) is 1. The third kappa shape index (κ3) is 7.38. The van der Waals surface area contributed by atoms with Crippen LogP contribution in [0.5, 0.6) is 11.5 Å².